The molecule has 0 aromatic heterocycles. The third-order valence-electron chi connectivity index (χ3n) is 2.77. The van der Waals surface area contributed by atoms with Crippen molar-refractivity contribution in [3.05, 3.63) is 45.9 Å². The number of hydrogen-bond acceptors (Lipinski definition) is 3. The van der Waals surface area contributed by atoms with E-state index in [1.807, 2.05) is 0 Å². The molecule has 0 N–H and O–H groups in total. The van der Waals surface area contributed by atoms with E-state index >= 15 is 0 Å². The Balaban J connectivity index is 2.26. The van der Waals surface area contributed by atoms with Gasteiger partial charge in [0.15, 0.2) is 5.78 Å². The van der Waals surface area contributed by atoms with Crippen LogP contribution in [0.15, 0.2) is 34.7 Å². The fourth-order valence-electron chi connectivity index (χ4n) is 2.04. The van der Waals surface area contributed by atoms with Gasteiger partial charge in [-0.15, -0.1) is 11.8 Å². The number of fused-ring (bicyclic) bond motifs is 1. The molecule has 1 aromatic rings. The first-order valence-corrected chi connectivity index (χ1v) is 5.82. The first-order valence-electron chi connectivity index (χ1n) is 4.83. The summed E-state index contributed by atoms with van der Waals surface area (Å²) in [5.41, 5.74) is 1.86. The lowest BCUT2D eigenvalue weighted by Gasteiger charge is -2.14. The van der Waals surface area contributed by atoms with E-state index in [0.717, 1.165) is 17.7 Å². The number of allylic oxidation sites excluding steroid dienone is 2. The van der Waals surface area contributed by atoms with Crippen LogP contribution < -0.4 is 0 Å². The highest BCUT2D eigenvalue weighted by atomic mass is 32.2. The van der Waals surface area contributed by atoms with Gasteiger partial charge in [-0.3, -0.25) is 9.59 Å². The predicted molar refractivity (Wildman–Crippen MR) is 59.2 cm³/mol. The van der Waals surface area contributed by atoms with Crippen molar-refractivity contribution in [3.8, 4) is 0 Å². The molecule has 15 heavy (non-hydrogen) atoms. The van der Waals surface area contributed by atoms with Gasteiger partial charge < -0.3 is 0 Å². The number of carbonyl (C=O) groups excluding carboxylic acids is 2. The highest BCUT2D eigenvalue weighted by Crippen LogP contribution is 2.39. The Kier molecular flexibility index (Phi) is 1.83. The van der Waals surface area contributed by atoms with Gasteiger partial charge in [0.1, 0.15) is 0 Å². The van der Waals surface area contributed by atoms with Crippen LogP contribution in [0.3, 0.4) is 0 Å². The Morgan fingerprint density at radius 1 is 1.00 bits per heavy atom. The quantitative estimate of drug-likeness (QED) is 0.668. The Morgan fingerprint density at radius 3 is 2.40 bits per heavy atom. The molecule has 2 aliphatic rings. The number of ketones is 2. The lowest BCUT2D eigenvalue weighted by Crippen LogP contribution is -2.18. The normalized spacial score (nSPS) is 19.2. The van der Waals surface area contributed by atoms with Crippen LogP contribution in [0.4, 0.5) is 0 Å². The molecular weight excluding hydrogens is 208 g/mol. The van der Waals surface area contributed by atoms with Crippen molar-refractivity contribution in [2.45, 2.75) is 6.42 Å². The molecule has 74 valence electrons. The average molecular weight is 216 g/mol. The van der Waals surface area contributed by atoms with Gasteiger partial charge in [0.25, 0.3) is 0 Å². The lowest BCUT2D eigenvalue weighted by molar-refractivity contribution is 0.0980. The number of benzene rings is 1. The van der Waals surface area contributed by atoms with E-state index in [9.17, 15) is 9.59 Å². The number of rotatable bonds is 0. The molecule has 0 spiro atoms. The minimum absolute atomic E-state index is 0.0303. The summed E-state index contributed by atoms with van der Waals surface area (Å²) in [5.74, 6) is 0.934. The molecule has 3 heteroatoms. The van der Waals surface area contributed by atoms with E-state index in [0.29, 0.717) is 16.0 Å². The van der Waals surface area contributed by atoms with Crippen LogP contribution in [0.1, 0.15) is 27.1 Å². The van der Waals surface area contributed by atoms with Gasteiger partial charge in [-0.25, -0.2) is 0 Å². The first kappa shape index (κ1) is 8.92. The van der Waals surface area contributed by atoms with Gasteiger partial charge in [0, 0.05) is 22.5 Å². The molecule has 0 radical (unpaired) electrons. The van der Waals surface area contributed by atoms with Gasteiger partial charge in [0.2, 0.25) is 5.78 Å². The maximum Gasteiger partial charge on any atom is 0.200 e. The average Bonchev–Trinajstić information content (AvgIpc) is 2.75. The second-order valence-corrected chi connectivity index (χ2v) is 4.72. The highest BCUT2D eigenvalue weighted by Gasteiger charge is 2.34. The lowest BCUT2D eigenvalue weighted by atomic mass is 9.88. The maximum atomic E-state index is 12.0. The molecule has 0 saturated carbocycles. The van der Waals surface area contributed by atoms with Crippen LogP contribution >= 0.6 is 11.8 Å². The van der Waals surface area contributed by atoms with Crippen LogP contribution in [-0.4, -0.2) is 17.3 Å². The zero-order chi connectivity index (χ0) is 10.4. The fourth-order valence-corrected chi connectivity index (χ4v) is 3.16. The van der Waals surface area contributed by atoms with Crippen molar-refractivity contribution in [2.75, 3.05) is 5.75 Å². The largest absolute Gasteiger partial charge is 0.289 e. The molecule has 0 bridgehead atoms. The summed E-state index contributed by atoms with van der Waals surface area (Å²) in [6, 6.07) is 7.08. The predicted octanol–water partition coefficient (Wildman–Crippen LogP) is 2.46. The van der Waals surface area contributed by atoms with Crippen LogP contribution in [0.25, 0.3) is 0 Å². The van der Waals surface area contributed by atoms with E-state index in [-0.39, 0.29) is 11.6 Å². The SMILES string of the molecule is O=C1C2=C(SCC2)C(=O)c2ccccc21. The molecule has 3 rings (SSSR count). The van der Waals surface area contributed by atoms with Crippen molar-refractivity contribution < 1.29 is 9.59 Å². The summed E-state index contributed by atoms with van der Waals surface area (Å²) in [4.78, 5) is 24.7. The van der Waals surface area contributed by atoms with Gasteiger partial charge in [-0.2, -0.15) is 0 Å². The second-order valence-electron chi connectivity index (χ2n) is 3.61. The molecule has 0 saturated heterocycles. The Labute approximate surface area is 91.4 Å². The van der Waals surface area contributed by atoms with Crippen LogP contribution in [-0.2, 0) is 0 Å². The highest BCUT2D eigenvalue weighted by molar-refractivity contribution is 8.04. The summed E-state index contributed by atoms with van der Waals surface area (Å²) >= 11 is 1.51. The number of thioether (sulfide) groups is 1. The monoisotopic (exact) mass is 216 g/mol. The molecule has 1 aliphatic carbocycles. The molecule has 0 atom stereocenters. The fraction of sp³-hybridized carbons (Fsp3) is 0.167. The molecular formula is C12H8O2S. The Bertz CT molecular complexity index is 469. The molecule has 1 heterocycles. The minimum atomic E-state index is 0.0303. The molecule has 1 aliphatic heterocycles. The summed E-state index contributed by atoms with van der Waals surface area (Å²) in [5, 5.41) is 0. The zero-order valence-electron chi connectivity index (χ0n) is 7.95. The molecule has 1 aromatic carbocycles. The molecule has 2 nitrogen and oxygen atoms in total. The van der Waals surface area contributed by atoms with Crippen molar-refractivity contribution in [1.82, 2.24) is 0 Å². The molecule has 0 amide bonds. The second kappa shape index (κ2) is 3.07. The third kappa shape index (κ3) is 1.13. The first-order chi connectivity index (χ1) is 7.29. The van der Waals surface area contributed by atoms with E-state index in [4.69, 9.17) is 0 Å². The number of carbonyl (C=O) groups is 2. The van der Waals surface area contributed by atoms with E-state index in [2.05, 4.69) is 0 Å². The van der Waals surface area contributed by atoms with Crippen molar-refractivity contribution >= 4 is 23.3 Å². The smallest absolute Gasteiger partial charge is 0.200 e. The van der Waals surface area contributed by atoms with Crippen molar-refractivity contribution in [3.63, 3.8) is 0 Å². The van der Waals surface area contributed by atoms with Crippen molar-refractivity contribution in [1.29, 1.82) is 0 Å². The standard InChI is InChI=1S/C12H8O2S/c13-10-7-3-1-2-4-8(7)11(14)12-9(10)5-6-15-12/h1-4H,5-6H2. The zero-order valence-corrected chi connectivity index (χ0v) is 8.76. The van der Waals surface area contributed by atoms with Gasteiger partial charge in [0.05, 0.1) is 4.91 Å². The van der Waals surface area contributed by atoms with E-state index in [1.165, 1.54) is 11.8 Å². The summed E-state index contributed by atoms with van der Waals surface area (Å²) in [6.07, 6.45) is 0.735. The summed E-state index contributed by atoms with van der Waals surface area (Å²) < 4.78 is 0. The summed E-state index contributed by atoms with van der Waals surface area (Å²) in [6.45, 7) is 0. The number of Topliss-reactive ketones (excluding diaryl/α,β-unsaturated/α-hetero) is 2. The van der Waals surface area contributed by atoms with E-state index in [1.54, 1.807) is 24.3 Å². The molecule has 0 unspecified atom stereocenters. The van der Waals surface area contributed by atoms with Gasteiger partial charge >= 0.3 is 0 Å². The van der Waals surface area contributed by atoms with Gasteiger partial charge in [-0.1, -0.05) is 24.3 Å². The number of hydrogen-bond donors (Lipinski definition) is 0. The minimum Gasteiger partial charge on any atom is -0.289 e. The Morgan fingerprint density at radius 2 is 1.67 bits per heavy atom. The van der Waals surface area contributed by atoms with Gasteiger partial charge in [-0.05, 0) is 6.42 Å². The van der Waals surface area contributed by atoms with Crippen LogP contribution in [0.5, 0.6) is 0 Å². The van der Waals surface area contributed by atoms with Crippen LogP contribution in [0.2, 0.25) is 0 Å². The topological polar surface area (TPSA) is 34.1 Å². The molecule has 0 fully saturated rings. The Hall–Kier alpha value is -1.35. The summed E-state index contributed by atoms with van der Waals surface area (Å²) in [7, 11) is 0. The van der Waals surface area contributed by atoms with E-state index < -0.39 is 0 Å². The maximum absolute atomic E-state index is 12.0. The third-order valence-corrected chi connectivity index (χ3v) is 3.90. The van der Waals surface area contributed by atoms with Crippen molar-refractivity contribution in [2.24, 2.45) is 0 Å². The van der Waals surface area contributed by atoms with Crippen LogP contribution in [0, 0.1) is 0 Å².